The lowest BCUT2D eigenvalue weighted by Gasteiger charge is -2.45. The van der Waals surface area contributed by atoms with E-state index in [2.05, 4.69) is 25.2 Å². The van der Waals surface area contributed by atoms with Crippen LogP contribution in [0.4, 0.5) is 11.4 Å². The summed E-state index contributed by atoms with van der Waals surface area (Å²) < 4.78 is 17.8. The fourth-order valence-electron chi connectivity index (χ4n) is 7.65. The zero-order chi connectivity index (χ0) is 35.8. The number of aliphatic hydroxyl groups excluding tert-OH is 1. The number of benzene rings is 4. The molecule has 0 radical (unpaired) electrons. The number of ether oxygens (including phenoxy) is 3. The van der Waals surface area contributed by atoms with Crippen molar-refractivity contribution < 1.29 is 38.5 Å². The molecule has 3 saturated heterocycles. The van der Waals surface area contributed by atoms with Gasteiger partial charge >= 0.3 is 11.9 Å². The number of cyclic esters (lactones) is 2. The quantitative estimate of drug-likeness (QED) is 0.174. The van der Waals surface area contributed by atoms with Gasteiger partial charge in [0.1, 0.15) is 5.54 Å². The largest absolute Gasteiger partial charge is 0.392 e. The molecule has 52 heavy (non-hydrogen) atoms. The molecule has 266 valence electrons. The van der Waals surface area contributed by atoms with Crippen LogP contribution in [0, 0.1) is 0 Å². The molecular formula is C40H38N4O8. The fourth-order valence-corrected chi connectivity index (χ4v) is 7.65. The van der Waals surface area contributed by atoms with Crippen LogP contribution in [0.1, 0.15) is 79.4 Å². The Morgan fingerprint density at radius 1 is 0.846 bits per heavy atom. The number of hydrogen-bond acceptors (Lipinski definition) is 10. The van der Waals surface area contributed by atoms with Gasteiger partial charge < -0.3 is 39.8 Å². The van der Waals surface area contributed by atoms with E-state index in [-0.39, 0.29) is 41.4 Å². The molecule has 12 heteroatoms. The number of para-hydroxylation sites is 1. The van der Waals surface area contributed by atoms with Gasteiger partial charge in [-0.3, -0.25) is 9.59 Å². The lowest BCUT2D eigenvalue weighted by atomic mass is 9.85. The third kappa shape index (κ3) is 6.46. The molecule has 8 rings (SSSR count). The van der Waals surface area contributed by atoms with Crippen molar-refractivity contribution in [1.29, 1.82) is 0 Å². The second-order valence-corrected chi connectivity index (χ2v) is 13.6. The van der Waals surface area contributed by atoms with Crippen LogP contribution in [0.2, 0.25) is 0 Å². The summed E-state index contributed by atoms with van der Waals surface area (Å²) in [6.07, 6.45) is 0.738. The normalized spacial score (nSPS) is 22.6. The zero-order valence-corrected chi connectivity index (χ0v) is 28.3. The Morgan fingerprint density at radius 2 is 1.62 bits per heavy atom. The van der Waals surface area contributed by atoms with Crippen molar-refractivity contribution in [3.63, 3.8) is 0 Å². The number of piperidine rings is 1. The minimum Gasteiger partial charge on any atom is -0.392 e. The maximum Gasteiger partial charge on any atom is 0.346 e. The molecule has 0 aliphatic carbocycles. The number of anilines is 2. The summed E-state index contributed by atoms with van der Waals surface area (Å²) in [5, 5.41) is 15.6. The summed E-state index contributed by atoms with van der Waals surface area (Å²) >= 11 is 0. The molecular weight excluding hydrogens is 664 g/mol. The molecule has 2 amide bonds. The van der Waals surface area contributed by atoms with Crippen LogP contribution in [0.15, 0.2) is 97.1 Å². The number of nitrogens with one attached hydrogen (secondary N) is 2. The van der Waals surface area contributed by atoms with Crippen LogP contribution in [-0.4, -0.2) is 71.7 Å². The minimum absolute atomic E-state index is 0.0531. The molecule has 4 aliphatic rings. The van der Waals surface area contributed by atoms with E-state index in [0.717, 1.165) is 29.9 Å². The predicted molar refractivity (Wildman–Crippen MR) is 189 cm³/mol. The Morgan fingerprint density at radius 3 is 2.38 bits per heavy atom. The molecule has 4 aromatic carbocycles. The van der Waals surface area contributed by atoms with Gasteiger partial charge in [0.15, 0.2) is 6.29 Å². The molecule has 4 heterocycles. The number of esters is 2. The van der Waals surface area contributed by atoms with Crippen molar-refractivity contribution in [2.24, 2.45) is 0 Å². The number of carbonyl (C=O) groups is 4. The van der Waals surface area contributed by atoms with E-state index in [4.69, 9.17) is 9.47 Å². The topological polar surface area (TPSA) is 147 Å². The lowest BCUT2D eigenvalue weighted by Crippen LogP contribution is -2.57. The van der Waals surface area contributed by atoms with E-state index in [9.17, 15) is 24.3 Å². The summed E-state index contributed by atoms with van der Waals surface area (Å²) in [6.45, 7) is 2.55. The number of rotatable bonds is 8. The first kappa shape index (κ1) is 33.7. The Hall–Kier alpha value is -5.40. The summed E-state index contributed by atoms with van der Waals surface area (Å²) in [5.41, 5.74) is 3.83. The van der Waals surface area contributed by atoms with Crippen LogP contribution in [0.5, 0.6) is 0 Å². The first-order chi connectivity index (χ1) is 25.3. The Labute approximate surface area is 300 Å². The second-order valence-electron chi connectivity index (χ2n) is 13.6. The first-order valence-electron chi connectivity index (χ1n) is 17.5. The van der Waals surface area contributed by atoms with Crippen LogP contribution in [0.3, 0.4) is 0 Å². The molecule has 0 aromatic heterocycles. The van der Waals surface area contributed by atoms with E-state index in [0.29, 0.717) is 43.7 Å². The molecule has 0 saturated carbocycles. The third-order valence-corrected chi connectivity index (χ3v) is 10.5. The predicted octanol–water partition coefficient (Wildman–Crippen LogP) is 4.72. The van der Waals surface area contributed by atoms with E-state index in [1.807, 2.05) is 60.7 Å². The summed E-state index contributed by atoms with van der Waals surface area (Å²) in [5.74, 6) is -1.89. The number of carbonyl (C=O) groups excluding carboxylic acids is 4. The van der Waals surface area contributed by atoms with E-state index < -0.39 is 29.7 Å². The van der Waals surface area contributed by atoms with Crippen molar-refractivity contribution in [3.8, 4) is 0 Å². The number of nitrogens with zero attached hydrogens (tertiary/aromatic N) is 2. The van der Waals surface area contributed by atoms with Gasteiger partial charge in [-0.15, -0.1) is 0 Å². The SMILES string of the molecule is O=C(Nc1cccc(C2OC(CN3CCC4(CC3)C(=O)NCN4c3ccccc3)CC(c3ccc(CO)cc3)O2)c1)c1ccc2c(c1)C(=O)OC2=O. The maximum absolute atomic E-state index is 13.2. The van der Waals surface area contributed by atoms with Gasteiger partial charge in [-0.1, -0.05) is 54.6 Å². The highest BCUT2D eigenvalue weighted by molar-refractivity contribution is 6.16. The lowest BCUT2D eigenvalue weighted by molar-refractivity contribution is -0.253. The van der Waals surface area contributed by atoms with Crippen molar-refractivity contribution >= 4 is 35.1 Å². The van der Waals surface area contributed by atoms with Crippen LogP contribution < -0.4 is 15.5 Å². The van der Waals surface area contributed by atoms with Crippen molar-refractivity contribution in [1.82, 2.24) is 10.2 Å². The number of aliphatic hydroxyl groups is 1. The van der Waals surface area contributed by atoms with Gasteiger partial charge in [0, 0.05) is 48.6 Å². The van der Waals surface area contributed by atoms with E-state index in [1.165, 1.54) is 18.2 Å². The molecule has 3 unspecified atom stereocenters. The van der Waals surface area contributed by atoms with Crippen LogP contribution >= 0.6 is 0 Å². The van der Waals surface area contributed by atoms with Gasteiger partial charge in [-0.05, 0) is 66.4 Å². The number of amides is 2. The Bertz CT molecular complexity index is 2010. The van der Waals surface area contributed by atoms with Gasteiger partial charge in [0.2, 0.25) is 5.91 Å². The zero-order valence-electron chi connectivity index (χ0n) is 28.3. The van der Waals surface area contributed by atoms with Crippen LogP contribution in [0.25, 0.3) is 0 Å². The van der Waals surface area contributed by atoms with Gasteiger partial charge in [0.25, 0.3) is 5.91 Å². The average molecular weight is 703 g/mol. The Kier molecular flexibility index (Phi) is 9.06. The van der Waals surface area contributed by atoms with Crippen molar-refractivity contribution in [3.05, 3.63) is 130 Å². The number of likely N-dealkylation sites (tertiary alicyclic amines) is 1. The third-order valence-electron chi connectivity index (χ3n) is 10.5. The monoisotopic (exact) mass is 702 g/mol. The Balaban J connectivity index is 0.987. The molecule has 4 aromatic rings. The van der Waals surface area contributed by atoms with Crippen LogP contribution in [-0.2, 0) is 25.6 Å². The highest BCUT2D eigenvalue weighted by Crippen LogP contribution is 2.40. The van der Waals surface area contributed by atoms with Gasteiger partial charge in [0.05, 0.1) is 36.6 Å². The van der Waals surface area contributed by atoms with E-state index >= 15 is 0 Å². The second kappa shape index (κ2) is 14.0. The first-order valence-corrected chi connectivity index (χ1v) is 17.5. The standard InChI is InChI=1S/C40H38N4O8/c45-23-25-9-11-26(12-10-25)34-21-31(22-43-17-15-40(16-18-43)39(49)41-24-44(40)30-7-2-1-3-8-30)50-38(51-34)28-5-4-6-29(19-28)42-35(46)27-13-14-32-33(20-27)37(48)52-36(32)47/h1-14,19-20,31,34,38,45H,15-18,21-24H2,(H,41,49)(H,42,46). The summed E-state index contributed by atoms with van der Waals surface area (Å²) in [6, 6.07) is 29.2. The van der Waals surface area contributed by atoms with Crippen molar-refractivity contribution in [2.75, 3.05) is 36.5 Å². The summed E-state index contributed by atoms with van der Waals surface area (Å²) in [7, 11) is 0. The van der Waals surface area contributed by atoms with Crippen molar-refractivity contribution in [2.45, 2.75) is 49.9 Å². The molecule has 3 fully saturated rings. The fraction of sp³-hybridized carbons (Fsp3) is 0.300. The number of hydrogen-bond donors (Lipinski definition) is 3. The highest BCUT2D eigenvalue weighted by atomic mass is 16.7. The smallest absolute Gasteiger partial charge is 0.346 e. The minimum atomic E-state index is -0.777. The highest BCUT2D eigenvalue weighted by Gasteiger charge is 2.50. The molecule has 0 bridgehead atoms. The molecule has 3 N–H and O–H groups in total. The molecule has 4 aliphatic heterocycles. The average Bonchev–Trinajstić information content (AvgIpc) is 3.65. The number of fused-ring (bicyclic) bond motifs is 1. The molecule has 12 nitrogen and oxygen atoms in total. The molecule has 1 spiro atoms. The van der Waals surface area contributed by atoms with E-state index in [1.54, 1.807) is 18.2 Å². The molecule has 3 atom stereocenters. The van der Waals surface area contributed by atoms with Gasteiger partial charge in [-0.2, -0.15) is 0 Å². The van der Waals surface area contributed by atoms with Gasteiger partial charge in [-0.25, -0.2) is 9.59 Å². The maximum atomic E-state index is 13.2. The summed E-state index contributed by atoms with van der Waals surface area (Å²) in [4.78, 5) is 54.9.